The lowest BCUT2D eigenvalue weighted by atomic mass is 10.1. The summed E-state index contributed by atoms with van der Waals surface area (Å²) in [6.07, 6.45) is -0.848. The van der Waals surface area contributed by atoms with Gasteiger partial charge in [-0.3, -0.25) is 4.79 Å². The quantitative estimate of drug-likeness (QED) is 0.868. The number of carbonyl (C=O) groups is 1. The van der Waals surface area contributed by atoms with Crippen molar-refractivity contribution >= 4 is 17.5 Å². The van der Waals surface area contributed by atoms with E-state index >= 15 is 0 Å². The summed E-state index contributed by atoms with van der Waals surface area (Å²) in [7, 11) is 0. The van der Waals surface area contributed by atoms with Gasteiger partial charge in [0, 0.05) is 10.6 Å². The molecule has 2 aromatic rings. The van der Waals surface area contributed by atoms with Crippen LogP contribution in [0.4, 0.5) is 4.39 Å². The first-order valence-corrected chi connectivity index (χ1v) is 6.04. The second kappa shape index (κ2) is 4.55. The van der Waals surface area contributed by atoms with E-state index in [-0.39, 0.29) is 11.5 Å². The van der Waals surface area contributed by atoms with Crippen LogP contribution in [0.15, 0.2) is 42.5 Å². The van der Waals surface area contributed by atoms with E-state index in [1.165, 1.54) is 12.1 Å². The minimum atomic E-state index is -0.848. The van der Waals surface area contributed by atoms with E-state index in [2.05, 4.69) is 5.32 Å². The zero-order valence-corrected chi connectivity index (χ0v) is 10.4. The van der Waals surface area contributed by atoms with E-state index in [1.54, 1.807) is 30.3 Å². The first kappa shape index (κ1) is 12.0. The molecular formula is C14H9ClFNO2. The van der Waals surface area contributed by atoms with Gasteiger partial charge in [0.1, 0.15) is 11.6 Å². The van der Waals surface area contributed by atoms with Crippen molar-refractivity contribution in [1.29, 1.82) is 0 Å². The van der Waals surface area contributed by atoms with Crippen LogP contribution in [0, 0.1) is 5.82 Å². The van der Waals surface area contributed by atoms with Gasteiger partial charge in [-0.05, 0) is 30.3 Å². The van der Waals surface area contributed by atoms with E-state index in [4.69, 9.17) is 16.3 Å². The monoisotopic (exact) mass is 277 g/mol. The number of para-hydroxylation sites is 1. The molecule has 0 spiro atoms. The molecule has 1 N–H and O–H groups in total. The van der Waals surface area contributed by atoms with E-state index in [0.717, 1.165) is 0 Å². The molecule has 3 nitrogen and oxygen atoms in total. The topological polar surface area (TPSA) is 38.3 Å². The molecule has 0 radical (unpaired) electrons. The Kier molecular flexibility index (Phi) is 2.87. The van der Waals surface area contributed by atoms with Crippen molar-refractivity contribution in [3.63, 3.8) is 0 Å². The number of rotatable bonds is 1. The predicted molar refractivity (Wildman–Crippen MR) is 68.7 cm³/mol. The largest absolute Gasteiger partial charge is 0.465 e. The Bertz CT molecular complexity index is 660. The molecule has 3 rings (SSSR count). The highest BCUT2D eigenvalue weighted by molar-refractivity contribution is 6.30. The van der Waals surface area contributed by atoms with Crippen molar-refractivity contribution < 1.29 is 13.9 Å². The first-order valence-electron chi connectivity index (χ1n) is 5.66. The number of hydrogen-bond acceptors (Lipinski definition) is 2. The van der Waals surface area contributed by atoms with E-state index < -0.39 is 12.0 Å². The molecule has 0 saturated carbocycles. The Hall–Kier alpha value is -2.07. The first-order chi connectivity index (χ1) is 9.15. The van der Waals surface area contributed by atoms with Gasteiger partial charge < -0.3 is 10.1 Å². The molecular weight excluding hydrogens is 269 g/mol. The van der Waals surface area contributed by atoms with Crippen LogP contribution in [0.25, 0.3) is 0 Å². The third-order valence-corrected chi connectivity index (χ3v) is 3.12. The molecule has 2 aromatic carbocycles. The fraction of sp³-hybridized carbons (Fsp3) is 0.0714. The van der Waals surface area contributed by atoms with Gasteiger partial charge in [-0.1, -0.05) is 23.7 Å². The van der Waals surface area contributed by atoms with Crippen LogP contribution in [-0.2, 0) is 0 Å². The Morgan fingerprint density at radius 2 is 2.00 bits per heavy atom. The molecule has 5 heteroatoms. The molecule has 1 amide bonds. The van der Waals surface area contributed by atoms with Gasteiger partial charge in [0.05, 0.1) is 5.56 Å². The predicted octanol–water partition coefficient (Wildman–Crippen LogP) is 3.30. The molecule has 1 unspecified atom stereocenters. The molecule has 96 valence electrons. The van der Waals surface area contributed by atoms with Crippen molar-refractivity contribution in [3.8, 4) is 5.75 Å². The number of halogens is 2. The highest BCUT2D eigenvalue weighted by Gasteiger charge is 2.27. The molecule has 1 heterocycles. The molecule has 0 bridgehead atoms. The summed E-state index contributed by atoms with van der Waals surface area (Å²) in [5.74, 6) is -0.371. The van der Waals surface area contributed by atoms with Gasteiger partial charge in [-0.25, -0.2) is 4.39 Å². The standard InChI is InChI=1S/C14H9ClFNO2/c15-8-5-6-9(11(16)7-8)14-17-13(18)10-3-1-2-4-12(10)19-14/h1-7,14H,(H,17,18). The summed E-state index contributed by atoms with van der Waals surface area (Å²) < 4.78 is 19.4. The summed E-state index contributed by atoms with van der Waals surface area (Å²) in [6, 6.07) is 11.1. The molecule has 1 aliphatic heterocycles. The summed E-state index contributed by atoms with van der Waals surface area (Å²) in [5, 5.41) is 2.90. The lowest BCUT2D eigenvalue weighted by molar-refractivity contribution is 0.0750. The van der Waals surface area contributed by atoms with Gasteiger partial charge in [0.2, 0.25) is 6.23 Å². The fourth-order valence-corrected chi connectivity index (χ4v) is 2.12. The van der Waals surface area contributed by atoms with Crippen LogP contribution < -0.4 is 10.1 Å². The summed E-state index contributed by atoms with van der Waals surface area (Å²) in [5.41, 5.74) is 0.681. The normalized spacial score (nSPS) is 17.4. The molecule has 0 aliphatic carbocycles. The lowest BCUT2D eigenvalue weighted by Gasteiger charge is -2.27. The summed E-state index contributed by atoms with van der Waals surface area (Å²) in [4.78, 5) is 11.9. The van der Waals surface area contributed by atoms with Gasteiger partial charge >= 0.3 is 0 Å². The van der Waals surface area contributed by atoms with Crippen molar-refractivity contribution in [2.75, 3.05) is 0 Å². The van der Waals surface area contributed by atoms with Gasteiger partial charge in [-0.15, -0.1) is 0 Å². The van der Waals surface area contributed by atoms with Gasteiger partial charge in [0.25, 0.3) is 5.91 Å². The van der Waals surface area contributed by atoms with Crippen molar-refractivity contribution in [2.24, 2.45) is 0 Å². The molecule has 19 heavy (non-hydrogen) atoms. The van der Waals surface area contributed by atoms with Crippen LogP contribution in [0.1, 0.15) is 22.1 Å². The number of nitrogens with one attached hydrogen (secondary N) is 1. The molecule has 1 atom stereocenters. The number of hydrogen-bond donors (Lipinski definition) is 1. The average Bonchev–Trinajstić information content (AvgIpc) is 2.38. The Morgan fingerprint density at radius 3 is 2.79 bits per heavy atom. The minimum absolute atomic E-state index is 0.243. The summed E-state index contributed by atoms with van der Waals surface area (Å²) in [6.45, 7) is 0. The molecule has 1 aliphatic rings. The minimum Gasteiger partial charge on any atom is -0.465 e. The maximum absolute atomic E-state index is 13.8. The third-order valence-electron chi connectivity index (χ3n) is 2.88. The highest BCUT2D eigenvalue weighted by Crippen LogP contribution is 2.30. The van der Waals surface area contributed by atoms with E-state index in [9.17, 15) is 9.18 Å². The van der Waals surface area contributed by atoms with Gasteiger partial charge in [-0.2, -0.15) is 0 Å². The SMILES string of the molecule is O=C1NC(c2ccc(Cl)cc2F)Oc2ccccc21. The van der Waals surface area contributed by atoms with Crippen molar-refractivity contribution in [1.82, 2.24) is 5.32 Å². The molecule has 0 fully saturated rings. The zero-order chi connectivity index (χ0) is 13.4. The average molecular weight is 278 g/mol. The maximum atomic E-state index is 13.8. The second-order valence-electron chi connectivity index (χ2n) is 4.13. The van der Waals surface area contributed by atoms with E-state index in [1.807, 2.05) is 0 Å². The number of carbonyl (C=O) groups excluding carboxylic acids is 1. The third kappa shape index (κ3) is 2.15. The van der Waals surface area contributed by atoms with Crippen molar-refractivity contribution in [3.05, 3.63) is 64.4 Å². The Balaban J connectivity index is 1.99. The molecule has 0 aromatic heterocycles. The zero-order valence-electron chi connectivity index (χ0n) is 9.69. The van der Waals surface area contributed by atoms with Crippen LogP contribution in [0.2, 0.25) is 5.02 Å². The van der Waals surface area contributed by atoms with Crippen molar-refractivity contribution in [2.45, 2.75) is 6.23 Å². The van der Waals surface area contributed by atoms with E-state index in [0.29, 0.717) is 16.3 Å². The number of amides is 1. The fourth-order valence-electron chi connectivity index (χ4n) is 1.97. The van der Waals surface area contributed by atoms with Crippen LogP contribution in [-0.4, -0.2) is 5.91 Å². The number of ether oxygens (including phenoxy) is 1. The van der Waals surface area contributed by atoms with Crippen LogP contribution >= 0.6 is 11.6 Å². The second-order valence-corrected chi connectivity index (χ2v) is 4.57. The Labute approximate surface area is 114 Å². The van der Waals surface area contributed by atoms with Gasteiger partial charge in [0.15, 0.2) is 0 Å². The smallest absolute Gasteiger partial charge is 0.258 e. The summed E-state index contributed by atoms with van der Waals surface area (Å²) >= 11 is 5.70. The van der Waals surface area contributed by atoms with Crippen LogP contribution in [0.3, 0.4) is 0 Å². The maximum Gasteiger partial charge on any atom is 0.258 e. The number of fused-ring (bicyclic) bond motifs is 1. The number of benzene rings is 2. The van der Waals surface area contributed by atoms with Crippen LogP contribution in [0.5, 0.6) is 5.75 Å². The Morgan fingerprint density at radius 1 is 1.21 bits per heavy atom. The highest BCUT2D eigenvalue weighted by atomic mass is 35.5. The molecule has 0 saturated heterocycles. The lowest BCUT2D eigenvalue weighted by Crippen LogP contribution is -2.37.